The van der Waals surface area contributed by atoms with Crippen LogP contribution in [-0.2, 0) is 9.59 Å². The Hall–Kier alpha value is -7.29. The Balaban J connectivity index is 0.000000168. The molecule has 1 amide bonds. The number of amides is 1. The summed E-state index contributed by atoms with van der Waals surface area (Å²) in [7, 11) is 0. The maximum Gasteiger partial charge on any atom is 0.247 e. The van der Waals surface area contributed by atoms with E-state index in [1.807, 2.05) is 91.3 Å². The highest BCUT2D eigenvalue weighted by molar-refractivity contribution is 6.66. The van der Waals surface area contributed by atoms with E-state index in [-0.39, 0.29) is 5.91 Å². The van der Waals surface area contributed by atoms with Crippen LogP contribution in [0.15, 0.2) is 184 Å². The second-order valence-corrected chi connectivity index (χ2v) is 12.5. The van der Waals surface area contributed by atoms with Crippen LogP contribution in [0, 0.1) is 0 Å². The highest BCUT2D eigenvalue weighted by Crippen LogP contribution is 2.35. The lowest BCUT2D eigenvalue weighted by Gasteiger charge is -2.11. The number of allylic oxidation sites excluding steroid dienone is 1. The monoisotopic (exact) mass is 738 g/mol. The van der Waals surface area contributed by atoms with Gasteiger partial charge < -0.3 is 11.1 Å². The number of hydrogen-bond acceptors (Lipinski definition) is 7. The molecule has 0 saturated carbocycles. The molecule has 0 radical (unpaired) electrons. The summed E-state index contributed by atoms with van der Waals surface area (Å²) in [6.07, 6.45) is 9.11. The van der Waals surface area contributed by atoms with Crippen LogP contribution in [0.2, 0.25) is 0 Å². The van der Waals surface area contributed by atoms with Gasteiger partial charge in [0.25, 0.3) is 0 Å². The van der Waals surface area contributed by atoms with Gasteiger partial charge in [-0.2, -0.15) is 0 Å². The average Bonchev–Trinajstić information content (AvgIpc) is 3.24. The summed E-state index contributed by atoms with van der Waals surface area (Å²) in [5.41, 5.74) is 17.8. The molecule has 0 saturated heterocycles. The van der Waals surface area contributed by atoms with Gasteiger partial charge in [0.1, 0.15) is 12.7 Å². The number of benzene rings is 6. The zero-order valence-corrected chi connectivity index (χ0v) is 30.4. The van der Waals surface area contributed by atoms with Crippen LogP contribution < -0.4 is 11.1 Å². The van der Waals surface area contributed by atoms with E-state index < -0.39 is 5.24 Å². The lowest BCUT2D eigenvalue weighted by Crippen LogP contribution is -2.07. The SMILES string of the molecule is C=CC(=O)Cl.C=CC(=O)Nc1cccc(-c2cc(-c3ccccc3)cc3cncnc23)c1.Nc1cccc(-c2cc(-c3ccccc3)cc3cncnc23)c1. The third kappa shape index (κ3) is 9.58. The van der Waals surface area contributed by atoms with Crippen LogP contribution in [0.3, 0.4) is 0 Å². The summed E-state index contributed by atoms with van der Waals surface area (Å²) in [5.74, 6) is -0.239. The molecule has 3 N–H and O–H groups in total. The van der Waals surface area contributed by atoms with Crippen LogP contribution in [0.1, 0.15) is 0 Å². The van der Waals surface area contributed by atoms with Gasteiger partial charge in [-0.25, -0.2) is 19.9 Å². The molecule has 0 spiro atoms. The number of nitrogen functional groups attached to an aromatic ring is 1. The van der Waals surface area contributed by atoms with Crippen molar-refractivity contribution in [2.75, 3.05) is 11.1 Å². The summed E-state index contributed by atoms with van der Waals surface area (Å²) in [5, 5.41) is 4.28. The van der Waals surface area contributed by atoms with E-state index in [2.05, 4.69) is 93.0 Å². The van der Waals surface area contributed by atoms with E-state index in [1.54, 1.807) is 12.7 Å². The molecule has 8 rings (SSSR count). The molecule has 9 heteroatoms. The first-order chi connectivity index (χ1) is 26.8. The van der Waals surface area contributed by atoms with Crippen molar-refractivity contribution >= 4 is 55.9 Å². The molecule has 8 aromatic rings. The molecule has 6 aromatic carbocycles. The topological polar surface area (TPSA) is 124 Å². The number of fused-ring (bicyclic) bond motifs is 2. The van der Waals surface area contributed by atoms with Gasteiger partial charge in [-0.05, 0) is 106 Å². The second-order valence-electron chi connectivity index (χ2n) is 12.1. The lowest BCUT2D eigenvalue weighted by molar-refractivity contribution is -0.112. The standard InChI is InChI=1S/C23H17N3O.C20H15N3.C3H3ClO/c1-2-22(27)26-20-10-6-9-17(12-20)21-13-18(16-7-4-3-5-8-16)11-19-14-24-15-25-23(19)21;21-18-8-4-7-15(10-18)19-11-16(14-5-2-1-3-6-14)9-17-12-22-13-23-20(17)19;1-2-3(4)5/h2-15H,1H2,(H,26,27);1-13H,21H2;2H,1H2. The van der Waals surface area contributed by atoms with Gasteiger partial charge >= 0.3 is 0 Å². The van der Waals surface area contributed by atoms with Gasteiger partial charge in [0.05, 0.1) is 11.0 Å². The van der Waals surface area contributed by atoms with Crippen molar-refractivity contribution in [1.82, 2.24) is 19.9 Å². The van der Waals surface area contributed by atoms with E-state index in [9.17, 15) is 9.59 Å². The first-order valence-electron chi connectivity index (χ1n) is 17.1. The molecular formula is C46H35ClN6O2. The molecular weight excluding hydrogens is 704 g/mol. The number of anilines is 2. The molecule has 55 heavy (non-hydrogen) atoms. The molecule has 2 heterocycles. The summed E-state index contributed by atoms with van der Waals surface area (Å²) in [6, 6.07) is 44.6. The smallest absolute Gasteiger partial charge is 0.247 e. The van der Waals surface area contributed by atoms with Gasteiger partial charge in [0.15, 0.2) is 0 Å². The molecule has 2 aromatic heterocycles. The summed E-state index contributed by atoms with van der Waals surface area (Å²) < 4.78 is 0. The Morgan fingerprint density at radius 1 is 0.564 bits per heavy atom. The Morgan fingerprint density at radius 2 is 1.04 bits per heavy atom. The number of hydrogen-bond donors (Lipinski definition) is 2. The molecule has 0 atom stereocenters. The van der Waals surface area contributed by atoms with Crippen LogP contribution in [0.4, 0.5) is 11.4 Å². The summed E-state index contributed by atoms with van der Waals surface area (Å²) in [4.78, 5) is 38.4. The highest BCUT2D eigenvalue weighted by atomic mass is 35.5. The third-order valence-electron chi connectivity index (χ3n) is 8.41. The van der Waals surface area contributed by atoms with Crippen molar-refractivity contribution in [2.24, 2.45) is 0 Å². The molecule has 0 aliphatic carbocycles. The third-order valence-corrected chi connectivity index (χ3v) is 8.57. The normalized spacial score (nSPS) is 10.3. The number of halogens is 1. The van der Waals surface area contributed by atoms with Crippen molar-refractivity contribution in [3.8, 4) is 44.5 Å². The molecule has 268 valence electrons. The maximum atomic E-state index is 11.6. The largest absolute Gasteiger partial charge is 0.399 e. The predicted molar refractivity (Wildman–Crippen MR) is 225 cm³/mol. The Labute approximate surface area is 323 Å². The van der Waals surface area contributed by atoms with Gasteiger partial charge in [-0.15, -0.1) is 0 Å². The van der Waals surface area contributed by atoms with Crippen LogP contribution in [0.5, 0.6) is 0 Å². The fraction of sp³-hybridized carbons (Fsp3) is 0. The zero-order valence-electron chi connectivity index (χ0n) is 29.6. The van der Waals surface area contributed by atoms with E-state index in [1.165, 1.54) is 11.6 Å². The van der Waals surface area contributed by atoms with Gasteiger partial charge in [0, 0.05) is 45.7 Å². The predicted octanol–water partition coefficient (Wildman–Crippen LogP) is 10.6. The van der Waals surface area contributed by atoms with Crippen molar-refractivity contribution in [3.63, 3.8) is 0 Å². The van der Waals surface area contributed by atoms with E-state index in [4.69, 9.17) is 17.3 Å². The van der Waals surface area contributed by atoms with Crippen LogP contribution >= 0.6 is 11.6 Å². The number of carbonyl (C=O) groups excluding carboxylic acids is 2. The van der Waals surface area contributed by atoms with E-state index in [0.29, 0.717) is 5.69 Å². The Morgan fingerprint density at radius 3 is 1.51 bits per heavy atom. The average molecular weight is 739 g/mol. The van der Waals surface area contributed by atoms with Gasteiger partial charge in [0.2, 0.25) is 11.1 Å². The zero-order chi connectivity index (χ0) is 38.6. The summed E-state index contributed by atoms with van der Waals surface area (Å²) in [6.45, 7) is 6.57. The molecule has 8 nitrogen and oxygen atoms in total. The van der Waals surface area contributed by atoms with Crippen LogP contribution in [-0.4, -0.2) is 31.1 Å². The minimum absolute atomic E-state index is 0.239. The van der Waals surface area contributed by atoms with Crippen molar-refractivity contribution in [3.05, 3.63) is 184 Å². The van der Waals surface area contributed by atoms with Crippen molar-refractivity contribution in [1.29, 1.82) is 0 Å². The lowest BCUT2D eigenvalue weighted by atomic mass is 9.96. The Kier molecular flexibility index (Phi) is 12.2. The number of rotatable bonds is 7. The van der Waals surface area contributed by atoms with Crippen molar-refractivity contribution in [2.45, 2.75) is 0 Å². The first-order valence-corrected chi connectivity index (χ1v) is 17.5. The molecule has 0 aliphatic heterocycles. The number of nitrogens with zero attached hydrogens (tertiary/aromatic N) is 4. The first kappa shape index (κ1) is 37.5. The minimum Gasteiger partial charge on any atom is -0.399 e. The maximum absolute atomic E-state index is 11.6. The number of nitrogens with two attached hydrogens (primary N) is 1. The number of nitrogens with one attached hydrogen (secondary N) is 1. The minimum atomic E-state index is -0.509. The van der Waals surface area contributed by atoms with E-state index in [0.717, 1.165) is 72.5 Å². The molecule has 0 unspecified atom stereocenters. The fourth-order valence-corrected chi connectivity index (χ4v) is 5.91. The van der Waals surface area contributed by atoms with Crippen LogP contribution in [0.25, 0.3) is 66.3 Å². The van der Waals surface area contributed by atoms with Crippen molar-refractivity contribution < 1.29 is 9.59 Å². The number of aromatic nitrogens is 4. The Bertz CT molecular complexity index is 2630. The molecule has 0 aliphatic rings. The molecule has 0 fully saturated rings. The second kappa shape index (κ2) is 18.0. The van der Waals surface area contributed by atoms with E-state index >= 15 is 0 Å². The van der Waals surface area contributed by atoms with Gasteiger partial charge in [-0.3, -0.25) is 9.59 Å². The number of carbonyl (C=O) groups is 2. The summed E-state index contributed by atoms with van der Waals surface area (Å²) >= 11 is 4.71. The molecule has 0 bridgehead atoms. The highest BCUT2D eigenvalue weighted by Gasteiger charge is 2.12. The quantitative estimate of drug-likeness (QED) is 0.0947. The fourth-order valence-electron chi connectivity index (χ4n) is 5.91. The van der Waals surface area contributed by atoms with Gasteiger partial charge in [-0.1, -0.05) is 98.1 Å².